The van der Waals surface area contributed by atoms with Gasteiger partial charge in [-0.25, -0.2) is 9.36 Å². The Kier molecular flexibility index (Phi) is 7.36. The second-order valence-electron chi connectivity index (χ2n) is 8.62. The van der Waals surface area contributed by atoms with E-state index in [1.807, 2.05) is 13.8 Å². The standard InChI is InChI=1S/C27H25ClN4O4/c1-17(2)29-24(33)15-18-11-13-19(14-12-18)32-26(35)20-7-3-6-10-23(20)31(27(32)36)16-25(34)30-22-9-5-4-8-21(22)28/h3-14,17H,15-16H2,1-2H3,(H,29,33)(H,30,34). The van der Waals surface area contributed by atoms with E-state index in [0.717, 1.165) is 10.1 Å². The molecule has 0 spiro atoms. The van der Waals surface area contributed by atoms with Gasteiger partial charge in [0.25, 0.3) is 5.56 Å². The van der Waals surface area contributed by atoms with E-state index in [2.05, 4.69) is 10.6 Å². The highest BCUT2D eigenvalue weighted by Crippen LogP contribution is 2.20. The van der Waals surface area contributed by atoms with Gasteiger partial charge in [-0.1, -0.05) is 48.0 Å². The fraction of sp³-hybridized carbons (Fsp3) is 0.185. The molecule has 2 amide bonds. The van der Waals surface area contributed by atoms with Crippen LogP contribution >= 0.6 is 11.6 Å². The number of halogens is 1. The molecule has 8 nitrogen and oxygen atoms in total. The minimum atomic E-state index is -0.654. The highest BCUT2D eigenvalue weighted by molar-refractivity contribution is 6.33. The third-order valence-corrected chi connectivity index (χ3v) is 5.84. The molecule has 1 aromatic heterocycles. The second kappa shape index (κ2) is 10.6. The summed E-state index contributed by atoms with van der Waals surface area (Å²) in [5.41, 5.74) is 0.697. The Bertz CT molecular complexity index is 1560. The normalized spacial score (nSPS) is 11.0. The minimum Gasteiger partial charge on any atom is -0.354 e. The van der Waals surface area contributed by atoms with Gasteiger partial charge >= 0.3 is 5.69 Å². The molecule has 0 fully saturated rings. The first-order chi connectivity index (χ1) is 17.2. The molecular formula is C27H25ClN4O4. The molecule has 9 heteroatoms. The topological polar surface area (TPSA) is 102 Å². The number of aromatic nitrogens is 2. The van der Waals surface area contributed by atoms with Crippen molar-refractivity contribution in [3.8, 4) is 5.69 Å². The summed E-state index contributed by atoms with van der Waals surface area (Å²) in [6, 6.07) is 20.1. The average molecular weight is 505 g/mol. The zero-order chi connectivity index (χ0) is 25.8. The minimum absolute atomic E-state index is 0.0292. The Labute approximate surface area is 212 Å². The van der Waals surface area contributed by atoms with Crippen LogP contribution in [0.15, 0.2) is 82.4 Å². The second-order valence-corrected chi connectivity index (χ2v) is 9.03. The Hall–Kier alpha value is -4.17. The summed E-state index contributed by atoms with van der Waals surface area (Å²) in [6.45, 7) is 3.44. The highest BCUT2D eigenvalue weighted by Gasteiger charge is 2.17. The van der Waals surface area contributed by atoms with Crippen molar-refractivity contribution in [2.45, 2.75) is 32.9 Å². The molecule has 184 valence electrons. The van der Waals surface area contributed by atoms with Crippen LogP contribution in [0.3, 0.4) is 0 Å². The van der Waals surface area contributed by atoms with Crippen molar-refractivity contribution in [3.05, 3.63) is 104 Å². The lowest BCUT2D eigenvalue weighted by atomic mass is 10.1. The van der Waals surface area contributed by atoms with Crippen molar-refractivity contribution in [2.75, 3.05) is 5.32 Å². The summed E-state index contributed by atoms with van der Waals surface area (Å²) in [4.78, 5) is 51.7. The molecule has 0 atom stereocenters. The molecule has 36 heavy (non-hydrogen) atoms. The number of amides is 2. The summed E-state index contributed by atoms with van der Waals surface area (Å²) in [7, 11) is 0. The number of rotatable bonds is 7. The summed E-state index contributed by atoms with van der Waals surface area (Å²) < 4.78 is 2.29. The number of nitrogens with zero attached hydrogens (tertiary/aromatic N) is 2. The first kappa shape index (κ1) is 24.9. The lowest BCUT2D eigenvalue weighted by Gasteiger charge is -2.15. The van der Waals surface area contributed by atoms with E-state index in [1.54, 1.807) is 72.8 Å². The van der Waals surface area contributed by atoms with Crippen LogP contribution in [-0.4, -0.2) is 27.0 Å². The predicted molar refractivity (Wildman–Crippen MR) is 141 cm³/mol. The SMILES string of the molecule is CC(C)NC(=O)Cc1ccc(-n2c(=O)c3ccccc3n(CC(=O)Nc3ccccc3Cl)c2=O)cc1. The molecule has 4 aromatic rings. The van der Waals surface area contributed by atoms with E-state index >= 15 is 0 Å². The van der Waals surface area contributed by atoms with Crippen molar-refractivity contribution in [1.82, 2.24) is 14.5 Å². The van der Waals surface area contributed by atoms with Gasteiger partial charge < -0.3 is 10.6 Å². The highest BCUT2D eigenvalue weighted by atomic mass is 35.5. The lowest BCUT2D eigenvalue weighted by molar-refractivity contribution is -0.121. The van der Waals surface area contributed by atoms with Crippen molar-refractivity contribution in [2.24, 2.45) is 0 Å². The van der Waals surface area contributed by atoms with E-state index in [9.17, 15) is 19.2 Å². The zero-order valence-electron chi connectivity index (χ0n) is 19.8. The van der Waals surface area contributed by atoms with Gasteiger partial charge in [0.05, 0.1) is 33.7 Å². The third kappa shape index (κ3) is 5.39. The number of carbonyl (C=O) groups is 2. The van der Waals surface area contributed by atoms with E-state index in [0.29, 0.717) is 27.3 Å². The van der Waals surface area contributed by atoms with Crippen molar-refractivity contribution < 1.29 is 9.59 Å². The van der Waals surface area contributed by atoms with Gasteiger partial charge in [0, 0.05) is 6.04 Å². The van der Waals surface area contributed by atoms with E-state index in [-0.39, 0.29) is 24.9 Å². The monoisotopic (exact) mass is 504 g/mol. The van der Waals surface area contributed by atoms with Gasteiger partial charge in [0.15, 0.2) is 0 Å². The van der Waals surface area contributed by atoms with Crippen LogP contribution < -0.4 is 21.9 Å². The largest absolute Gasteiger partial charge is 0.354 e. The maximum Gasteiger partial charge on any atom is 0.336 e. The van der Waals surface area contributed by atoms with Crippen molar-refractivity contribution in [1.29, 1.82) is 0 Å². The lowest BCUT2D eigenvalue weighted by Crippen LogP contribution is -2.40. The third-order valence-electron chi connectivity index (χ3n) is 5.51. The predicted octanol–water partition coefficient (Wildman–Crippen LogP) is 3.51. The van der Waals surface area contributed by atoms with Gasteiger partial charge in [-0.2, -0.15) is 0 Å². The van der Waals surface area contributed by atoms with Crippen LogP contribution in [0.4, 0.5) is 5.69 Å². The molecule has 1 heterocycles. The summed E-state index contributed by atoms with van der Waals surface area (Å²) in [5, 5.41) is 6.20. The fourth-order valence-corrected chi connectivity index (χ4v) is 4.10. The summed E-state index contributed by atoms with van der Waals surface area (Å²) >= 11 is 6.14. The Morgan fingerprint density at radius 2 is 1.56 bits per heavy atom. The van der Waals surface area contributed by atoms with Crippen LogP contribution in [-0.2, 0) is 22.6 Å². The molecular weight excluding hydrogens is 480 g/mol. The maximum atomic E-state index is 13.5. The van der Waals surface area contributed by atoms with Gasteiger partial charge in [-0.3, -0.25) is 19.0 Å². The number of anilines is 1. The first-order valence-electron chi connectivity index (χ1n) is 11.4. The molecule has 2 N–H and O–H groups in total. The molecule has 0 aliphatic carbocycles. The van der Waals surface area contributed by atoms with Crippen LogP contribution in [0.2, 0.25) is 5.02 Å². The van der Waals surface area contributed by atoms with E-state index in [4.69, 9.17) is 11.6 Å². The van der Waals surface area contributed by atoms with Crippen LogP contribution in [0.25, 0.3) is 16.6 Å². The molecule has 0 aliphatic rings. The Balaban J connectivity index is 1.71. The Morgan fingerprint density at radius 1 is 0.889 bits per heavy atom. The van der Waals surface area contributed by atoms with E-state index in [1.165, 1.54) is 4.57 Å². The van der Waals surface area contributed by atoms with Crippen LogP contribution in [0, 0.1) is 0 Å². The molecule has 0 aliphatic heterocycles. The molecule has 0 radical (unpaired) electrons. The van der Waals surface area contributed by atoms with Gasteiger partial charge in [-0.05, 0) is 55.8 Å². The quantitative estimate of drug-likeness (QED) is 0.402. The first-order valence-corrected chi connectivity index (χ1v) is 11.8. The number of fused-ring (bicyclic) bond motifs is 1. The number of para-hydroxylation sites is 2. The van der Waals surface area contributed by atoms with Gasteiger partial charge in [0.1, 0.15) is 6.54 Å². The number of nitrogens with one attached hydrogen (secondary N) is 2. The molecule has 3 aromatic carbocycles. The van der Waals surface area contributed by atoms with E-state index < -0.39 is 17.2 Å². The molecule has 0 saturated carbocycles. The van der Waals surface area contributed by atoms with Crippen LogP contribution in [0.5, 0.6) is 0 Å². The van der Waals surface area contributed by atoms with Crippen molar-refractivity contribution in [3.63, 3.8) is 0 Å². The van der Waals surface area contributed by atoms with Gasteiger partial charge in [0.2, 0.25) is 11.8 Å². The smallest absolute Gasteiger partial charge is 0.336 e. The number of hydrogen-bond acceptors (Lipinski definition) is 4. The zero-order valence-corrected chi connectivity index (χ0v) is 20.6. The number of hydrogen-bond donors (Lipinski definition) is 2. The number of carbonyl (C=O) groups excluding carboxylic acids is 2. The molecule has 0 unspecified atom stereocenters. The number of benzene rings is 3. The molecule has 0 saturated heterocycles. The molecule has 0 bridgehead atoms. The average Bonchev–Trinajstić information content (AvgIpc) is 2.84. The summed E-state index contributed by atoms with van der Waals surface area (Å²) in [5.74, 6) is -0.584. The maximum absolute atomic E-state index is 13.5. The van der Waals surface area contributed by atoms with Crippen molar-refractivity contribution >= 4 is 40.0 Å². The molecule has 4 rings (SSSR count). The van der Waals surface area contributed by atoms with Crippen LogP contribution in [0.1, 0.15) is 19.4 Å². The summed E-state index contributed by atoms with van der Waals surface area (Å²) in [6.07, 6.45) is 0.178. The fourth-order valence-electron chi connectivity index (χ4n) is 3.92. The Morgan fingerprint density at radius 3 is 2.25 bits per heavy atom. The van der Waals surface area contributed by atoms with Gasteiger partial charge in [-0.15, -0.1) is 0 Å².